The third-order valence-electron chi connectivity index (χ3n) is 2.31. The summed E-state index contributed by atoms with van der Waals surface area (Å²) in [6.45, 7) is 9.29. The van der Waals surface area contributed by atoms with Crippen molar-refractivity contribution in [2.45, 2.75) is 46.6 Å². The van der Waals surface area contributed by atoms with Gasteiger partial charge in [-0.1, -0.05) is 20.8 Å². The van der Waals surface area contributed by atoms with Gasteiger partial charge in [0.25, 0.3) is 0 Å². The zero-order valence-corrected chi connectivity index (χ0v) is 10.7. The van der Waals surface area contributed by atoms with Crippen molar-refractivity contribution < 1.29 is 0 Å². The van der Waals surface area contributed by atoms with Crippen molar-refractivity contribution in [2.24, 2.45) is 0 Å². The minimum atomic E-state index is 0.543. The average molecular weight is 211 g/mol. The van der Waals surface area contributed by atoms with Crippen LogP contribution in [0.3, 0.4) is 0 Å². The highest BCUT2D eigenvalue weighted by Crippen LogP contribution is 2.14. The van der Waals surface area contributed by atoms with Crippen molar-refractivity contribution in [3.05, 3.63) is 18.0 Å². The van der Waals surface area contributed by atoms with Crippen LogP contribution in [0.2, 0.25) is 0 Å². The lowest BCUT2D eigenvalue weighted by molar-refractivity contribution is 0.406. The lowest BCUT2D eigenvalue weighted by atomic mass is 10.1. The van der Waals surface area contributed by atoms with Crippen molar-refractivity contribution in [1.82, 2.24) is 15.1 Å². The van der Waals surface area contributed by atoms with Crippen molar-refractivity contribution >= 4 is 0 Å². The Morgan fingerprint density at radius 2 is 2.13 bits per heavy atom. The molecule has 0 bridgehead atoms. The van der Waals surface area contributed by atoms with Crippen LogP contribution in [0.4, 0.5) is 0 Å². The van der Waals surface area contributed by atoms with Crippen LogP contribution in [0, 0.1) is 6.92 Å². The Morgan fingerprint density at radius 3 is 2.53 bits per heavy atom. The van der Waals surface area contributed by atoms with Gasteiger partial charge in [0.15, 0.2) is 0 Å². The first-order valence-electron chi connectivity index (χ1n) is 5.94. The molecule has 0 spiro atoms. The first kappa shape index (κ1) is 14.2. The summed E-state index contributed by atoms with van der Waals surface area (Å²) >= 11 is 0. The fourth-order valence-electron chi connectivity index (χ4n) is 1.47. The minimum Gasteiger partial charge on any atom is -0.320 e. The van der Waals surface area contributed by atoms with Gasteiger partial charge in [0.2, 0.25) is 0 Å². The summed E-state index contributed by atoms with van der Waals surface area (Å²) in [6, 6.07) is 2.60. The van der Waals surface area contributed by atoms with Gasteiger partial charge in [-0.15, -0.1) is 0 Å². The van der Waals surface area contributed by atoms with Gasteiger partial charge in [-0.3, -0.25) is 4.68 Å². The van der Waals surface area contributed by atoms with Gasteiger partial charge < -0.3 is 5.32 Å². The lowest BCUT2D eigenvalue weighted by Gasteiger charge is -2.14. The summed E-state index contributed by atoms with van der Waals surface area (Å²) < 4.78 is 2.08. The summed E-state index contributed by atoms with van der Waals surface area (Å²) in [6.07, 6.45) is 4.36. The van der Waals surface area contributed by atoms with Crippen molar-refractivity contribution in [3.8, 4) is 0 Å². The number of nitrogens with zero attached hydrogens (tertiary/aromatic N) is 2. The number of rotatable bonds is 5. The molecular weight excluding hydrogens is 186 g/mol. The van der Waals surface area contributed by atoms with Crippen LogP contribution in [0.5, 0.6) is 0 Å². The molecule has 0 aliphatic carbocycles. The highest BCUT2D eigenvalue weighted by atomic mass is 15.3. The molecule has 1 unspecified atom stereocenters. The molecule has 3 heteroatoms. The van der Waals surface area contributed by atoms with Gasteiger partial charge in [0.1, 0.15) is 0 Å². The predicted octanol–water partition coefficient (Wildman–Crippen LogP) is 2.78. The minimum absolute atomic E-state index is 0.543. The Bertz CT molecular complexity index is 243. The Hall–Kier alpha value is -0.830. The van der Waals surface area contributed by atoms with Gasteiger partial charge in [0.05, 0.1) is 11.7 Å². The van der Waals surface area contributed by atoms with E-state index in [-0.39, 0.29) is 0 Å². The number of hydrogen-bond acceptors (Lipinski definition) is 2. The Morgan fingerprint density at radius 1 is 1.47 bits per heavy atom. The van der Waals surface area contributed by atoms with E-state index < -0.39 is 0 Å². The SMILES string of the molecule is CC.CCC(CCNC)n1ccc(C)n1. The van der Waals surface area contributed by atoms with E-state index >= 15 is 0 Å². The molecule has 1 aromatic rings. The topological polar surface area (TPSA) is 29.9 Å². The predicted molar refractivity (Wildman–Crippen MR) is 66.2 cm³/mol. The quantitative estimate of drug-likeness (QED) is 0.811. The van der Waals surface area contributed by atoms with Crippen LogP contribution in [0.1, 0.15) is 45.3 Å². The van der Waals surface area contributed by atoms with Crippen molar-refractivity contribution in [1.29, 1.82) is 0 Å². The second kappa shape index (κ2) is 8.48. The maximum Gasteiger partial charge on any atom is 0.0593 e. The number of nitrogens with one attached hydrogen (secondary N) is 1. The summed E-state index contributed by atoms with van der Waals surface area (Å²) in [5.41, 5.74) is 1.10. The fourth-order valence-corrected chi connectivity index (χ4v) is 1.47. The van der Waals surface area contributed by atoms with Crippen LogP contribution < -0.4 is 5.32 Å². The molecule has 1 heterocycles. The molecule has 0 radical (unpaired) electrons. The molecule has 1 aromatic heterocycles. The van der Waals surface area contributed by atoms with Crippen molar-refractivity contribution in [2.75, 3.05) is 13.6 Å². The molecule has 0 amide bonds. The second-order valence-electron chi connectivity index (χ2n) is 3.39. The Kier molecular flexibility index (Phi) is 8.01. The van der Waals surface area contributed by atoms with E-state index in [0.717, 1.165) is 25.1 Å². The molecule has 3 nitrogen and oxygen atoms in total. The third-order valence-corrected chi connectivity index (χ3v) is 2.31. The fraction of sp³-hybridized carbons (Fsp3) is 0.750. The molecule has 0 aromatic carbocycles. The lowest BCUT2D eigenvalue weighted by Crippen LogP contribution is -2.16. The molecule has 0 saturated heterocycles. The van der Waals surface area contributed by atoms with Crippen LogP contribution in [-0.2, 0) is 0 Å². The molecule has 0 fully saturated rings. The Labute approximate surface area is 93.9 Å². The molecule has 1 N–H and O–H groups in total. The first-order valence-corrected chi connectivity index (χ1v) is 5.94. The summed E-state index contributed by atoms with van der Waals surface area (Å²) in [5.74, 6) is 0. The van der Waals surface area contributed by atoms with Crippen LogP contribution >= 0.6 is 0 Å². The van der Waals surface area contributed by atoms with E-state index in [2.05, 4.69) is 34.3 Å². The smallest absolute Gasteiger partial charge is 0.0593 e. The zero-order chi connectivity index (χ0) is 11.7. The number of aromatic nitrogens is 2. The summed E-state index contributed by atoms with van der Waals surface area (Å²) in [4.78, 5) is 0. The van der Waals surface area contributed by atoms with Gasteiger partial charge in [-0.05, 0) is 39.4 Å². The average Bonchev–Trinajstić information content (AvgIpc) is 2.69. The normalized spacial score (nSPS) is 11.8. The van der Waals surface area contributed by atoms with E-state index in [0.29, 0.717) is 6.04 Å². The highest BCUT2D eigenvalue weighted by Gasteiger charge is 2.07. The molecule has 1 rings (SSSR count). The molecular formula is C12H25N3. The van der Waals surface area contributed by atoms with E-state index in [1.807, 2.05) is 27.8 Å². The molecule has 88 valence electrons. The molecule has 0 aliphatic heterocycles. The molecule has 1 atom stereocenters. The summed E-state index contributed by atoms with van der Waals surface area (Å²) in [5, 5.41) is 7.59. The van der Waals surface area contributed by atoms with Crippen molar-refractivity contribution in [3.63, 3.8) is 0 Å². The maximum atomic E-state index is 4.42. The number of hydrogen-bond donors (Lipinski definition) is 1. The van der Waals surface area contributed by atoms with Gasteiger partial charge in [0, 0.05) is 6.20 Å². The standard InChI is InChI=1S/C10H19N3.C2H6/c1-4-10(5-7-11-3)13-8-6-9(2)12-13;1-2/h6,8,10-11H,4-5,7H2,1-3H3;1-2H3. The van der Waals surface area contributed by atoms with Crippen LogP contribution in [0.25, 0.3) is 0 Å². The van der Waals surface area contributed by atoms with E-state index in [1.165, 1.54) is 0 Å². The van der Waals surface area contributed by atoms with Gasteiger partial charge >= 0.3 is 0 Å². The van der Waals surface area contributed by atoms with E-state index in [9.17, 15) is 0 Å². The third kappa shape index (κ3) is 4.98. The Balaban J connectivity index is 0.000000921. The van der Waals surface area contributed by atoms with Gasteiger partial charge in [-0.2, -0.15) is 5.10 Å². The summed E-state index contributed by atoms with van der Waals surface area (Å²) in [7, 11) is 1.99. The van der Waals surface area contributed by atoms with E-state index in [1.54, 1.807) is 0 Å². The molecule has 15 heavy (non-hydrogen) atoms. The van der Waals surface area contributed by atoms with Crippen LogP contribution in [-0.4, -0.2) is 23.4 Å². The first-order chi connectivity index (χ1) is 7.27. The zero-order valence-electron chi connectivity index (χ0n) is 10.7. The second-order valence-corrected chi connectivity index (χ2v) is 3.39. The number of aryl methyl sites for hydroxylation is 1. The van der Waals surface area contributed by atoms with E-state index in [4.69, 9.17) is 0 Å². The van der Waals surface area contributed by atoms with Crippen LogP contribution in [0.15, 0.2) is 12.3 Å². The largest absolute Gasteiger partial charge is 0.320 e. The molecule has 0 aliphatic rings. The highest BCUT2D eigenvalue weighted by molar-refractivity contribution is 4.96. The maximum absolute atomic E-state index is 4.42. The monoisotopic (exact) mass is 211 g/mol. The van der Waals surface area contributed by atoms with Gasteiger partial charge in [-0.25, -0.2) is 0 Å². The molecule has 0 saturated carbocycles.